The van der Waals surface area contributed by atoms with E-state index in [2.05, 4.69) is 108 Å². The van der Waals surface area contributed by atoms with Crippen molar-refractivity contribution in [2.24, 2.45) is 0 Å². The van der Waals surface area contributed by atoms with Crippen molar-refractivity contribution in [2.75, 3.05) is 0 Å². The maximum absolute atomic E-state index is 11.0. The minimum absolute atomic E-state index is 0. The van der Waals surface area contributed by atoms with Crippen LogP contribution in [-0.4, -0.2) is 19.6 Å². The van der Waals surface area contributed by atoms with Gasteiger partial charge in [0.1, 0.15) is 22.7 Å². The second kappa shape index (κ2) is 12.8. The van der Waals surface area contributed by atoms with E-state index in [0.29, 0.717) is 11.4 Å². The van der Waals surface area contributed by atoms with Gasteiger partial charge in [0, 0.05) is 49.4 Å². The van der Waals surface area contributed by atoms with Gasteiger partial charge in [-0.2, -0.15) is 0 Å². The molecule has 0 amide bonds. The molecule has 1 N–H and O–H groups in total. The zero-order valence-electron chi connectivity index (χ0n) is 27.6. The number of pyridine rings is 1. The molecule has 0 radical (unpaired) electrons. The zero-order valence-corrected chi connectivity index (χ0v) is 29.9. The molecule has 10 rings (SSSR count). The maximum Gasteiger partial charge on any atom is 0.148 e. The molecule has 3 heterocycles. The van der Waals surface area contributed by atoms with E-state index >= 15 is 0 Å². The summed E-state index contributed by atoms with van der Waals surface area (Å²) in [5, 5.41) is 15.3. The van der Waals surface area contributed by atoms with Gasteiger partial charge in [0.2, 0.25) is 0 Å². The second-order valence-corrected chi connectivity index (χ2v) is 12.7. The molecule has 0 unspecified atom stereocenters. The number of hydrogen-bond acceptors (Lipinski definition) is 4. The van der Waals surface area contributed by atoms with Crippen LogP contribution in [-0.2, 0) is 21.1 Å². The van der Waals surface area contributed by atoms with E-state index in [1.807, 2.05) is 60.8 Å². The molecular weight excluding hydrogens is 822 g/mol. The predicted octanol–water partition coefficient (Wildman–Crippen LogP) is 11.6. The monoisotopic (exact) mass is 849 g/mol. The summed E-state index contributed by atoms with van der Waals surface area (Å²) in [6.45, 7) is 0. The first-order valence-corrected chi connectivity index (χ1v) is 16.9. The quantitative estimate of drug-likeness (QED) is 0.175. The van der Waals surface area contributed by atoms with Crippen LogP contribution in [0.2, 0.25) is 0 Å². The molecule has 250 valence electrons. The van der Waals surface area contributed by atoms with Crippen molar-refractivity contribution in [3.8, 4) is 56.3 Å². The van der Waals surface area contributed by atoms with Gasteiger partial charge in [0.15, 0.2) is 0 Å². The minimum atomic E-state index is 0. The van der Waals surface area contributed by atoms with Crippen molar-refractivity contribution in [2.45, 2.75) is 0 Å². The Labute approximate surface area is 313 Å². The average molecular weight is 850 g/mol. The number of fused-ring (bicyclic) bond motifs is 6. The van der Waals surface area contributed by atoms with Crippen LogP contribution >= 0.6 is 0 Å². The van der Waals surface area contributed by atoms with Gasteiger partial charge in [-0.15, -0.1) is 23.8 Å². The third kappa shape index (κ3) is 5.13. The van der Waals surface area contributed by atoms with Gasteiger partial charge in [-0.3, -0.25) is 9.55 Å². The number of phenolic OH excluding ortho intramolecular Hbond substituents is 1. The third-order valence-corrected chi connectivity index (χ3v) is 9.64. The van der Waals surface area contributed by atoms with Crippen LogP contribution in [0, 0.1) is 6.07 Å². The van der Waals surface area contributed by atoms with Crippen molar-refractivity contribution < 1.29 is 30.6 Å². The van der Waals surface area contributed by atoms with Crippen molar-refractivity contribution in [1.29, 1.82) is 0 Å². The zero-order chi connectivity index (χ0) is 33.9. The van der Waals surface area contributed by atoms with Crippen LogP contribution in [0.15, 0.2) is 168 Å². The molecule has 10 aromatic rings. The Kier molecular flexibility index (Phi) is 7.79. The molecular formula is C46H28N3O2Pt-. The second-order valence-electron chi connectivity index (χ2n) is 12.7. The van der Waals surface area contributed by atoms with Crippen LogP contribution < -0.4 is 0 Å². The van der Waals surface area contributed by atoms with E-state index in [-0.39, 0.29) is 26.8 Å². The molecule has 5 nitrogen and oxygen atoms in total. The number of rotatable bonds is 5. The largest absolute Gasteiger partial charge is 0.507 e. The Bertz CT molecular complexity index is 2930. The van der Waals surface area contributed by atoms with Crippen LogP contribution in [0.25, 0.3) is 94.3 Å². The summed E-state index contributed by atoms with van der Waals surface area (Å²) in [6, 6.07) is 56.7. The summed E-state index contributed by atoms with van der Waals surface area (Å²) in [4.78, 5) is 10.3. The number of aromatic hydroxyl groups is 1. The van der Waals surface area contributed by atoms with Crippen molar-refractivity contribution in [1.82, 2.24) is 14.5 Å². The molecule has 0 saturated heterocycles. The van der Waals surface area contributed by atoms with Crippen molar-refractivity contribution in [3.05, 3.63) is 170 Å². The summed E-state index contributed by atoms with van der Waals surface area (Å²) in [5.74, 6) is 0.829. The molecule has 3 aromatic heterocycles. The van der Waals surface area contributed by atoms with Crippen molar-refractivity contribution in [3.63, 3.8) is 0 Å². The van der Waals surface area contributed by atoms with E-state index in [4.69, 9.17) is 14.4 Å². The van der Waals surface area contributed by atoms with Gasteiger partial charge in [-0.25, -0.2) is 4.98 Å². The van der Waals surface area contributed by atoms with Crippen LogP contribution in [0.5, 0.6) is 5.75 Å². The Hall–Kier alpha value is -6.29. The van der Waals surface area contributed by atoms with Gasteiger partial charge in [0.25, 0.3) is 0 Å². The molecule has 0 aliphatic carbocycles. The fourth-order valence-corrected chi connectivity index (χ4v) is 7.33. The number of para-hydroxylation sites is 3. The fourth-order valence-electron chi connectivity index (χ4n) is 7.33. The van der Waals surface area contributed by atoms with E-state index in [0.717, 1.165) is 82.9 Å². The predicted molar refractivity (Wildman–Crippen MR) is 206 cm³/mol. The first-order chi connectivity index (χ1) is 25.2. The molecule has 0 fully saturated rings. The number of imidazole rings is 1. The topological polar surface area (TPSA) is 64.1 Å². The van der Waals surface area contributed by atoms with E-state index in [9.17, 15) is 5.11 Å². The molecule has 0 spiro atoms. The maximum atomic E-state index is 11.0. The molecule has 6 heteroatoms. The molecule has 0 aliphatic rings. The number of phenols is 1. The number of benzene rings is 7. The number of nitrogens with zero attached hydrogens (tertiary/aromatic N) is 3. The third-order valence-electron chi connectivity index (χ3n) is 9.64. The molecule has 0 atom stereocenters. The first kappa shape index (κ1) is 31.7. The summed E-state index contributed by atoms with van der Waals surface area (Å²) < 4.78 is 8.54. The van der Waals surface area contributed by atoms with Gasteiger partial charge >= 0.3 is 0 Å². The molecule has 0 aliphatic heterocycles. The SMILES string of the molecule is Oc1ccccc1-c1nc2c(-c3[c-]c(-c4nccc5oc6ccc7ccccc7c6c45)cc(-c4ccccc4)c3)cccc2n1-c1ccccc1.[Pt]. The molecule has 7 aromatic carbocycles. The molecule has 0 bridgehead atoms. The smallest absolute Gasteiger partial charge is 0.148 e. The Morgan fingerprint density at radius 1 is 0.596 bits per heavy atom. The Morgan fingerprint density at radius 2 is 1.31 bits per heavy atom. The Morgan fingerprint density at radius 3 is 2.15 bits per heavy atom. The summed E-state index contributed by atoms with van der Waals surface area (Å²) in [6.07, 6.45) is 1.81. The van der Waals surface area contributed by atoms with Gasteiger partial charge in [0.05, 0.1) is 16.6 Å². The number of aromatic nitrogens is 3. The average Bonchev–Trinajstić information content (AvgIpc) is 3.78. The summed E-state index contributed by atoms with van der Waals surface area (Å²) in [7, 11) is 0. The number of hydrogen-bond donors (Lipinski definition) is 1. The first-order valence-electron chi connectivity index (χ1n) is 16.9. The normalized spacial score (nSPS) is 11.4. The van der Waals surface area contributed by atoms with Crippen LogP contribution in [0.3, 0.4) is 0 Å². The van der Waals surface area contributed by atoms with Crippen LogP contribution in [0.1, 0.15) is 0 Å². The fraction of sp³-hybridized carbons (Fsp3) is 0. The van der Waals surface area contributed by atoms with E-state index in [1.165, 1.54) is 0 Å². The van der Waals surface area contributed by atoms with E-state index < -0.39 is 0 Å². The Balaban J connectivity index is 0.00000360. The molecule has 52 heavy (non-hydrogen) atoms. The standard InChI is InChI=1S/C46H28N3O2.Pt/c50-39-21-10-9-18-37(39)46-48-45-36(19-11-20-38(45)49(46)34-15-5-2-6-16-34)32-26-31(29-12-3-1-4-13-29)27-33(28-32)44-43-41(24-25-47-44)51-40-23-22-30-14-7-8-17-35(30)42(40)43;/h1-27,50H;/q-1;. The van der Waals surface area contributed by atoms with Gasteiger partial charge < -0.3 is 9.52 Å². The van der Waals surface area contributed by atoms with Crippen LogP contribution in [0.4, 0.5) is 0 Å². The summed E-state index contributed by atoms with van der Waals surface area (Å²) in [5.41, 5.74) is 10.5. The van der Waals surface area contributed by atoms with Gasteiger partial charge in [-0.1, -0.05) is 120 Å². The minimum Gasteiger partial charge on any atom is -0.507 e. The number of furan rings is 1. The molecule has 0 saturated carbocycles. The summed E-state index contributed by atoms with van der Waals surface area (Å²) >= 11 is 0. The van der Waals surface area contributed by atoms with Gasteiger partial charge in [-0.05, 0) is 58.8 Å². The van der Waals surface area contributed by atoms with Crippen molar-refractivity contribution >= 4 is 43.7 Å². The van der Waals surface area contributed by atoms with E-state index in [1.54, 1.807) is 6.07 Å².